The monoisotopic (exact) mass is 230 g/mol. The Labute approximate surface area is 93.1 Å². The molecular formula is C10H14O6. The lowest BCUT2D eigenvalue weighted by atomic mass is 10.4. The summed E-state index contributed by atoms with van der Waals surface area (Å²) in [6, 6.07) is 0. The Balaban J connectivity index is 2.19. The zero-order valence-electron chi connectivity index (χ0n) is 9.06. The molecule has 0 radical (unpaired) electrons. The fraction of sp³-hybridized carbons (Fsp3) is 0.600. The third-order valence-corrected chi connectivity index (χ3v) is 1.72. The number of ether oxygens (including phenoxy) is 4. The predicted octanol–water partition coefficient (Wildman–Crippen LogP) is 0.0218. The molecule has 0 amide bonds. The molecule has 0 aromatic rings. The van der Waals surface area contributed by atoms with Crippen LogP contribution in [0.2, 0.25) is 0 Å². The van der Waals surface area contributed by atoms with Crippen molar-refractivity contribution < 1.29 is 28.5 Å². The molecule has 1 aliphatic heterocycles. The zero-order chi connectivity index (χ0) is 12.0. The molecule has 0 aromatic carbocycles. The molecule has 0 bridgehead atoms. The van der Waals surface area contributed by atoms with Gasteiger partial charge in [-0.05, 0) is 6.92 Å². The van der Waals surface area contributed by atoms with E-state index in [1.807, 2.05) is 0 Å². The number of carbonyl (C=O) groups excluding carboxylic acids is 2. The summed E-state index contributed by atoms with van der Waals surface area (Å²) in [6.45, 7) is 5.47. The molecule has 1 fully saturated rings. The highest BCUT2D eigenvalue weighted by atomic mass is 16.7. The third-order valence-electron chi connectivity index (χ3n) is 1.72. The Kier molecular flexibility index (Phi) is 4.94. The van der Waals surface area contributed by atoms with Gasteiger partial charge in [0.05, 0.1) is 13.2 Å². The van der Waals surface area contributed by atoms with E-state index < -0.39 is 24.8 Å². The van der Waals surface area contributed by atoms with Crippen molar-refractivity contribution in [1.82, 2.24) is 0 Å². The molecule has 1 atom stereocenters. The van der Waals surface area contributed by atoms with E-state index in [9.17, 15) is 9.59 Å². The van der Waals surface area contributed by atoms with E-state index in [2.05, 4.69) is 11.3 Å². The number of esters is 2. The van der Waals surface area contributed by atoms with Gasteiger partial charge in [0, 0.05) is 5.57 Å². The number of hydrogen-bond acceptors (Lipinski definition) is 6. The van der Waals surface area contributed by atoms with Gasteiger partial charge in [-0.3, -0.25) is 0 Å². The van der Waals surface area contributed by atoms with Crippen molar-refractivity contribution in [3.8, 4) is 0 Å². The minimum Gasteiger partial charge on any atom is -0.450 e. The summed E-state index contributed by atoms with van der Waals surface area (Å²) in [5, 5.41) is 0. The van der Waals surface area contributed by atoms with Crippen LogP contribution in [0.25, 0.3) is 0 Å². The lowest BCUT2D eigenvalue weighted by Crippen LogP contribution is -2.34. The standard InChI is InChI=1S/C10H14O6/c1-7(2)10(12)15-5-8(11)16-9-6-13-3-4-14-9/h9H,1,3-6H2,2H3/t9-/m0/s1. The first-order chi connectivity index (χ1) is 7.59. The smallest absolute Gasteiger partial charge is 0.346 e. The van der Waals surface area contributed by atoms with Crippen LogP contribution in [0.4, 0.5) is 0 Å². The Morgan fingerprint density at radius 3 is 2.75 bits per heavy atom. The van der Waals surface area contributed by atoms with Gasteiger partial charge in [-0.25, -0.2) is 9.59 Å². The van der Waals surface area contributed by atoms with Crippen molar-refractivity contribution >= 4 is 11.9 Å². The average Bonchev–Trinajstić information content (AvgIpc) is 2.27. The summed E-state index contributed by atoms with van der Waals surface area (Å²) in [5.41, 5.74) is 0.227. The third kappa shape index (κ3) is 4.41. The van der Waals surface area contributed by atoms with Crippen LogP contribution in [-0.4, -0.2) is 44.7 Å². The molecule has 1 saturated heterocycles. The van der Waals surface area contributed by atoms with E-state index in [-0.39, 0.29) is 12.2 Å². The van der Waals surface area contributed by atoms with Gasteiger partial charge < -0.3 is 18.9 Å². The van der Waals surface area contributed by atoms with Gasteiger partial charge in [0.25, 0.3) is 0 Å². The Morgan fingerprint density at radius 1 is 1.44 bits per heavy atom. The van der Waals surface area contributed by atoms with Crippen molar-refractivity contribution in [3.05, 3.63) is 12.2 Å². The maximum Gasteiger partial charge on any atom is 0.346 e. The molecular weight excluding hydrogens is 216 g/mol. The highest BCUT2D eigenvalue weighted by molar-refractivity contribution is 5.88. The van der Waals surface area contributed by atoms with Crippen molar-refractivity contribution in [2.24, 2.45) is 0 Å². The molecule has 0 aromatic heterocycles. The van der Waals surface area contributed by atoms with Gasteiger partial charge in [-0.2, -0.15) is 0 Å². The molecule has 0 unspecified atom stereocenters. The first kappa shape index (κ1) is 12.7. The van der Waals surface area contributed by atoms with E-state index in [0.717, 1.165) is 0 Å². The van der Waals surface area contributed by atoms with Gasteiger partial charge in [-0.15, -0.1) is 0 Å². The highest BCUT2D eigenvalue weighted by Gasteiger charge is 2.19. The van der Waals surface area contributed by atoms with E-state index in [0.29, 0.717) is 13.2 Å². The summed E-state index contributed by atoms with van der Waals surface area (Å²) in [5.74, 6) is -1.30. The van der Waals surface area contributed by atoms with Crippen LogP contribution in [0.3, 0.4) is 0 Å². The second kappa shape index (κ2) is 6.24. The molecule has 1 rings (SSSR count). The molecule has 0 N–H and O–H groups in total. The van der Waals surface area contributed by atoms with Crippen LogP contribution in [0.1, 0.15) is 6.92 Å². The molecule has 0 saturated carbocycles. The molecule has 90 valence electrons. The fourth-order valence-corrected chi connectivity index (χ4v) is 0.962. The van der Waals surface area contributed by atoms with Gasteiger partial charge in [0.1, 0.15) is 6.61 Å². The van der Waals surface area contributed by atoms with Crippen LogP contribution in [-0.2, 0) is 28.5 Å². The van der Waals surface area contributed by atoms with E-state index >= 15 is 0 Å². The summed E-state index contributed by atoms with van der Waals surface area (Å²) < 4.78 is 19.5. The summed E-state index contributed by atoms with van der Waals surface area (Å²) >= 11 is 0. The van der Waals surface area contributed by atoms with Gasteiger partial charge in [-0.1, -0.05) is 6.58 Å². The van der Waals surface area contributed by atoms with Crippen LogP contribution >= 0.6 is 0 Å². The average molecular weight is 230 g/mol. The van der Waals surface area contributed by atoms with Crippen LogP contribution in [0, 0.1) is 0 Å². The van der Waals surface area contributed by atoms with E-state index in [4.69, 9.17) is 14.2 Å². The number of rotatable bonds is 4. The molecule has 16 heavy (non-hydrogen) atoms. The minimum absolute atomic E-state index is 0.195. The number of hydrogen-bond donors (Lipinski definition) is 0. The SMILES string of the molecule is C=C(C)C(=O)OCC(=O)O[C@H]1COCCO1. The van der Waals surface area contributed by atoms with Crippen molar-refractivity contribution in [1.29, 1.82) is 0 Å². The summed E-state index contributed by atoms with van der Waals surface area (Å²) in [7, 11) is 0. The summed E-state index contributed by atoms with van der Waals surface area (Å²) in [6.07, 6.45) is -0.718. The van der Waals surface area contributed by atoms with Gasteiger partial charge >= 0.3 is 11.9 Å². The number of carbonyl (C=O) groups is 2. The van der Waals surface area contributed by atoms with Crippen molar-refractivity contribution in [2.75, 3.05) is 26.4 Å². The largest absolute Gasteiger partial charge is 0.450 e. The lowest BCUT2D eigenvalue weighted by Gasteiger charge is -2.22. The normalized spacial score (nSPS) is 19.9. The topological polar surface area (TPSA) is 71.1 Å². The summed E-state index contributed by atoms with van der Waals surface area (Å²) in [4.78, 5) is 22.1. The molecule has 1 heterocycles. The maximum absolute atomic E-state index is 11.2. The van der Waals surface area contributed by atoms with E-state index in [1.54, 1.807) is 0 Å². The van der Waals surface area contributed by atoms with Crippen molar-refractivity contribution in [2.45, 2.75) is 13.2 Å². The Bertz CT molecular complexity index is 279. The highest BCUT2D eigenvalue weighted by Crippen LogP contribution is 2.03. The van der Waals surface area contributed by atoms with Crippen molar-refractivity contribution in [3.63, 3.8) is 0 Å². The van der Waals surface area contributed by atoms with E-state index in [1.165, 1.54) is 6.92 Å². The molecule has 6 nitrogen and oxygen atoms in total. The lowest BCUT2D eigenvalue weighted by molar-refractivity contribution is -0.216. The Morgan fingerprint density at radius 2 is 2.19 bits per heavy atom. The predicted molar refractivity (Wildman–Crippen MR) is 52.4 cm³/mol. The quantitative estimate of drug-likeness (QED) is 0.501. The second-order valence-electron chi connectivity index (χ2n) is 3.22. The van der Waals surface area contributed by atoms with Gasteiger partial charge in [0.2, 0.25) is 6.29 Å². The molecule has 0 aliphatic carbocycles. The fourth-order valence-electron chi connectivity index (χ4n) is 0.962. The molecule has 6 heteroatoms. The van der Waals surface area contributed by atoms with Crippen LogP contribution < -0.4 is 0 Å². The zero-order valence-corrected chi connectivity index (χ0v) is 9.06. The molecule has 1 aliphatic rings. The van der Waals surface area contributed by atoms with Crippen LogP contribution in [0.5, 0.6) is 0 Å². The van der Waals surface area contributed by atoms with Crippen LogP contribution in [0.15, 0.2) is 12.2 Å². The first-order valence-electron chi connectivity index (χ1n) is 4.81. The minimum atomic E-state index is -0.718. The Hall–Kier alpha value is -1.40. The maximum atomic E-state index is 11.2. The van der Waals surface area contributed by atoms with Gasteiger partial charge in [0.15, 0.2) is 6.61 Å². The molecule has 0 spiro atoms. The first-order valence-corrected chi connectivity index (χ1v) is 4.81. The second-order valence-corrected chi connectivity index (χ2v) is 3.22.